The van der Waals surface area contributed by atoms with E-state index in [2.05, 4.69) is 36.3 Å². The second kappa shape index (κ2) is 7.37. The number of anilines is 1. The molecule has 4 aromatic rings. The molecule has 4 nitrogen and oxygen atoms in total. The highest BCUT2D eigenvalue weighted by Crippen LogP contribution is 2.29. The van der Waals surface area contributed by atoms with E-state index in [1.54, 1.807) is 6.07 Å². The van der Waals surface area contributed by atoms with Crippen LogP contribution in [0.3, 0.4) is 0 Å². The van der Waals surface area contributed by atoms with Crippen molar-refractivity contribution in [3.05, 3.63) is 70.4 Å². The van der Waals surface area contributed by atoms with Gasteiger partial charge in [0.1, 0.15) is 5.52 Å². The molecule has 4 rings (SSSR count). The molecule has 27 heavy (non-hydrogen) atoms. The minimum absolute atomic E-state index is 0.113. The van der Waals surface area contributed by atoms with Gasteiger partial charge in [-0.25, -0.2) is 4.98 Å². The highest BCUT2D eigenvalue weighted by Gasteiger charge is 2.12. The molecule has 0 fully saturated rings. The summed E-state index contributed by atoms with van der Waals surface area (Å²) in [7, 11) is 0. The first-order chi connectivity index (χ1) is 13.1. The second-order valence-corrected chi connectivity index (χ2v) is 7.52. The Bertz CT molecular complexity index is 1080. The second-order valence-electron chi connectivity index (χ2n) is 6.57. The number of oxazole rings is 1. The van der Waals surface area contributed by atoms with Crippen LogP contribution in [0, 0.1) is 0 Å². The summed E-state index contributed by atoms with van der Waals surface area (Å²) in [4.78, 5) is 17.6. The molecule has 1 amide bonds. The molecule has 2 heterocycles. The quantitative estimate of drug-likeness (QED) is 0.443. The zero-order chi connectivity index (χ0) is 18.8. The Balaban J connectivity index is 1.62. The fraction of sp³-hybridized carbons (Fsp3) is 0.182. The number of fused-ring (bicyclic) bond motifs is 1. The SMILES string of the molecule is CCC(C)c1ccc2oc(-c3cccc(NC(=O)c4cccs4)c3)nc2c1. The Hall–Kier alpha value is -2.92. The van der Waals surface area contributed by atoms with Gasteiger partial charge in [-0.1, -0.05) is 32.0 Å². The lowest BCUT2D eigenvalue weighted by atomic mass is 9.98. The zero-order valence-electron chi connectivity index (χ0n) is 15.2. The van der Waals surface area contributed by atoms with Crippen LogP contribution in [0.2, 0.25) is 0 Å². The first-order valence-corrected chi connectivity index (χ1v) is 9.88. The van der Waals surface area contributed by atoms with Gasteiger partial charge in [-0.05, 0) is 59.7 Å². The van der Waals surface area contributed by atoms with E-state index in [1.807, 2.05) is 41.8 Å². The predicted octanol–water partition coefficient (Wildman–Crippen LogP) is 6.32. The summed E-state index contributed by atoms with van der Waals surface area (Å²) in [6, 6.07) is 17.4. The number of rotatable bonds is 5. The fourth-order valence-electron chi connectivity index (χ4n) is 2.94. The summed E-state index contributed by atoms with van der Waals surface area (Å²) in [5.74, 6) is 0.932. The summed E-state index contributed by atoms with van der Waals surface area (Å²) in [6.07, 6.45) is 1.09. The van der Waals surface area contributed by atoms with Crippen molar-refractivity contribution in [1.29, 1.82) is 0 Å². The molecule has 2 aromatic carbocycles. The van der Waals surface area contributed by atoms with Crippen LogP contribution in [0.25, 0.3) is 22.6 Å². The maximum atomic E-state index is 12.3. The Labute approximate surface area is 161 Å². The normalized spacial score (nSPS) is 12.2. The molecule has 1 N–H and O–H groups in total. The summed E-state index contributed by atoms with van der Waals surface area (Å²) >= 11 is 1.42. The van der Waals surface area contributed by atoms with Crippen LogP contribution < -0.4 is 5.32 Å². The molecule has 0 saturated carbocycles. The molecular formula is C22H20N2O2S. The van der Waals surface area contributed by atoms with E-state index >= 15 is 0 Å². The highest BCUT2D eigenvalue weighted by atomic mass is 32.1. The number of amides is 1. The molecule has 0 radical (unpaired) electrons. The van der Waals surface area contributed by atoms with Gasteiger partial charge in [0.25, 0.3) is 5.91 Å². The number of benzene rings is 2. The van der Waals surface area contributed by atoms with Gasteiger partial charge in [-0.3, -0.25) is 4.79 Å². The van der Waals surface area contributed by atoms with Crippen LogP contribution in [0.5, 0.6) is 0 Å². The average Bonchev–Trinajstić information content (AvgIpc) is 3.36. The van der Waals surface area contributed by atoms with Crippen LogP contribution in [0.15, 0.2) is 64.4 Å². The van der Waals surface area contributed by atoms with Gasteiger partial charge in [0.15, 0.2) is 5.58 Å². The van der Waals surface area contributed by atoms with E-state index < -0.39 is 0 Å². The van der Waals surface area contributed by atoms with Crippen molar-refractivity contribution in [2.45, 2.75) is 26.2 Å². The summed E-state index contributed by atoms with van der Waals surface area (Å²) < 4.78 is 5.93. The van der Waals surface area contributed by atoms with Crippen molar-refractivity contribution in [3.8, 4) is 11.5 Å². The van der Waals surface area contributed by atoms with Gasteiger partial charge in [0.2, 0.25) is 5.89 Å². The van der Waals surface area contributed by atoms with Crippen molar-refractivity contribution in [3.63, 3.8) is 0 Å². The largest absolute Gasteiger partial charge is 0.436 e. The number of hydrogen-bond donors (Lipinski definition) is 1. The van der Waals surface area contributed by atoms with Gasteiger partial charge >= 0.3 is 0 Å². The summed E-state index contributed by atoms with van der Waals surface area (Å²) in [5, 5.41) is 4.81. The van der Waals surface area contributed by atoms with Crippen molar-refractivity contribution >= 4 is 34.0 Å². The molecule has 0 aliphatic heterocycles. The maximum absolute atomic E-state index is 12.3. The number of aromatic nitrogens is 1. The molecule has 0 bridgehead atoms. The molecular weight excluding hydrogens is 356 g/mol. The molecule has 136 valence electrons. The Morgan fingerprint density at radius 1 is 1.19 bits per heavy atom. The minimum atomic E-state index is -0.113. The first-order valence-electron chi connectivity index (χ1n) is 9.00. The molecule has 0 saturated heterocycles. The first kappa shape index (κ1) is 17.5. The molecule has 1 atom stereocenters. The molecule has 0 aliphatic carbocycles. The molecule has 2 aromatic heterocycles. The summed E-state index contributed by atoms with van der Waals surface area (Å²) in [5.41, 5.74) is 4.44. The molecule has 0 aliphatic rings. The number of nitrogens with zero attached hydrogens (tertiary/aromatic N) is 1. The monoisotopic (exact) mass is 376 g/mol. The van der Waals surface area contributed by atoms with E-state index in [0.29, 0.717) is 22.4 Å². The average molecular weight is 376 g/mol. The number of thiophene rings is 1. The van der Waals surface area contributed by atoms with E-state index in [1.165, 1.54) is 16.9 Å². The lowest BCUT2D eigenvalue weighted by molar-refractivity contribution is 0.103. The van der Waals surface area contributed by atoms with Crippen molar-refractivity contribution in [1.82, 2.24) is 4.98 Å². The van der Waals surface area contributed by atoms with Crippen LogP contribution in [-0.4, -0.2) is 10.9 Å². The number of carbonyl (C=O) groups excluding carboxylic acids is 1. The third-order valence-electron chi connectivity index (χ3n) is 4.71. The molecule has 0 spiro atoms. The topological polar surface area (TPSA) is 55.1 Å². The fourth-order valence-corrected chi connectivity index (χ4v) is 3.56. The maximum Gasteiger partial charge on any atom is 0.265 e. The van der Waals surface area contributed by atoms with Crippen molar-refractivity contribution < 1.29 is 9.21 Å². The van der Waals surface area contributed by atoms with E-state index in [4.69, 9.17) is 4.42 Å². The van der Waals surface area contributed by atoms with Gasteiger partial charge in [0.05, 0.1) is 4.88 Å². The standard InChI is InChI=1S/C22H20N2O2S/c1-3-14(2)15-9-10-19-18(13-15)24-22(26-19)16-6-4-7-17(12-16)23-21(25)20-8-5-11-27-20/h4-14H,3H2,1-2H3,(H,23,25). The van der Waals surface area contributed by atoms with Crippen LogP contribution in [0.4, 0.5) is 5.69 Å². The minimum Gasteiger partial charge on any atom is -0.436 e. The van der Waals surface area contributed by atoms with E-state index in [0.717, 1.165) is 23.1 Å². The highest BCUT2D eigenvalue weighted by molar-refractivity contribution is 7.12. The van der Waals surface area contributed by atoms with E-state index in [9.17, 15) is 4.79 Å². The third kappa shape index (κ3) is 3.64. The van der Waals surface area contributed by atoms with Gasteiger partial charge in [-0.15, -0.1) is 11.3 Å². The van der Waals surface area contributed by atoms with Gasteiger partial charge < -0.3 is 9.73 Å². The molecule has 1 unspecified atom stereocenters. The Kier molecular flexibility index (Phi) is 4.77. The van der Waals surface area contributed by atoms with Crippen molar-refractivity contribution in [2.24, 2.45) is 0 Å². The molecule has 5 heteroatoms. The van der Waals surface area contributed by atoms with Crippen LogP contribution in [-0.2, 0) is 0 Å². The van der Waals surface area contributed by atoms with Crippen LogP contribution in [0.1, 0.15) is 41.4 Å². The third-order valence-corrected chi connectivity index (χ3v) is 5.57. The van der Waals surface area contributed by atoms with Crippen LogP contribution >= 0.6 is 11.3 Å². The predicted molar refractivity (Wildman–Crippen MR) is 110 cm³/mol. The Morgan fingerprint density at radius 2 is 2.07 bits per heavy atom. The number of carbonyl (C=O) groups is 1. The lowest BCUT2D eigenvalue weighted by Gasteiger charge is -2.07. The Morgan fingerprint density at radius 3 is 2.85 bits per heavy atom. The van der Waals surface area contributed by atoms with Gasteiger partial charge in [0, 0.05) is 11.3 Å². The van der Waals surface area contributed by atoms with Gasteiger partial charge in [-0.2, -0.15) is 0 Å². The zero-order valence-corrected chi connectivity index (χ0v) is 16.0. The smallest absolute Gasteiger partial charge is 0.265 e. The lowest BCUT2D eigenvalue weighted by Crippen LogP contribution is -2.09. The van der Waals surface area contributed by atoms with Crippen molar-refractivity contribution in [2.75, 3.05) is 5.32 Å². The number of nitrogens with one attached hydrogen (secondary N) is 1. The number of hydrogen-bond acceptors (Lipinski definition) is 4. The summed E-state index contributed by atoms with van der Waals surface area (Å²) in [6.45, 7) is 4.39. The van der Waals surface area contributed by atoms with E-state index in [-0.39, 0.29) is 5.91 Å².